The van der Waals surface area contributed by atoms with Gasteiger partial charge >= 0.3 is 0 Å². The van der Waals surface area contributed by atoms with Crippen LogP contribution in [0.1, 0.15) is 38.8 Å². The number of hydrogen-bond donors (Lipinski definition) is 1. The summed E-state index contributed by atoms with van der Waals surface area (Å²) in [7, 11) is 0. The van der Waals surface area contributed by atoms with E-state index < -0.39 is 0 Å². The fourth-order valence-corrected chi connectivity index (χ4v) is 1.21. The Morgan fingerprint density at radius 1 is 1.27 bits per heavy atom. The molecule has 0 fully saturated rings. The summed E-state index contributed by atoms with van der Waals surface area (Å²) in [6, 6.07) is 10.0. The van der Waals surface area contributed by atoms with Crippen molar-refractivity contribution in [2.45, 2.75) is 38.8 Å². The molecule has 1 atom stereocenters. The predicted octanol–water partition coefficient (Wildman–Crippen LogP) is 2.89. The van der Waals surface area contributed by atoms with Crippen molar-refractivity contribution in [1.82, 2.24) is 0 Å². The second kappa shape index (κ2) is 5.29. The SMILES string of the molecule is CCC(C)(C)OCC(N)c1ccccc1. The Morgan fingerprint density at radius 2 is 1.87 bits per heavy atom. The van der Waals surface area contributed by atoms with Crippen LogP contribution in [0.15, 0.2) is 30.3 Å². The molecule has 2 nitrogen and oxygen atoms in total. The molecule has 2 heteroatoms. The van der Waals surface area contributed by atoms with Crippen molar-refractivity contribution >= 4 is 0 Å². The fourth-order valence-electron chi connectivity index (χ4n) is 1.21. The highest BCUT2D eigenvalue weighted by Gasteiger charge is 2.17. The van der Waals surface area contributed by atoms with Crippen molar-refractivity contribution in [3.8, 4) is 0 Å². The van der Waals surface area contributed by atoms with Crippen molar-refractivity contribution in [2.75, 3.05) is 6.61 Å². The first-order valence-electron chi connectivity index (χ1n) is 5.49. The molecular weight excluding hydrogens is 186 g/mol. The molecular formula is C13H21NO. The summed E-state index contributed by atoms with van der Waals surface area (Å²) >= 11 is 0. The van der Waals surface area contributed by atoms with Gasteiger partial charge in [-0.25, -0.2) is 0 Å². The van der Waals surface area contributed by atoms with Gasteiger partial charge in [0.2, 0.25) is 0 Å². The third-order valence-corrected chi connectivity index (χ3v) is 2.73. The van der Waals surface area contributed by atoms with Gasteiger partial charge in [0.1, 0.15) is 0 Å². The van der Waals surface area contributed by atoms with E-state index in [0.29, 0.717) is 6.61 Å². The van der Waals surface area contributed by atoms with Crippen LogP contribution >= 0.6 is 0 Å². The van der Waals surface area contributed by atoms with Crippen molar-refractivity contribution in [3.63, 3.8) is 0 Å². The van der Waals surface area contributed by atoms with Crippen LogP contribution in [0.5, 0.6) is 0 Å². The molecule has 1 aromatic carbocycles. The molecule has 0 saturated carbocycles. The maximum Gasteiger partial charge on any atom is 0.0666 e. The van der Waals surface area contributed by atoms with Gasteiger partial charge < -0.3 is 10.5 Å². The van der Waals surface area contributed by atoms with Crippen LogP contribution in [0.3, 0.4) is 0 Å². The monoisotopic (exact) mass is 207 g/mol. The first kappa shape index (κ1) is 12.2. The lowest BCUT2D eigenvalue weighted by atomic mass is 10.1. The zero-order valence-electron chi connectivity index (χ0n) is 9.86. The summed E-state index contributed by atoms with van der Waals surface area (Å²) in [5, 5.41) is 0. The molecule has 2 N–H and O–H groups in total. The maximum absolute atomic E-state index is 6.03. The van der Waals surface area contributed by atoms with E-state index in [1.165, 1.54) is 0 Å². The number of rotatable bonds is 5. The highest BCUT2D eigenvalue weighted by atomic mass is 16.5. The lowest BCUT2D eigenvalue weighted by Crippen LogP contribution is -2.28. The molecule has 0 saturated heterocycles. The Balaban J connectivity index is 2.47. The summed E-state index contributed by atoms with van der Waals surface area (Å²) in [4.78, 5) is 0. The number of nitrogens with two attached hydrogens (primary N) is 1. The van der Waals surface area contributed by atoms with E-state index in [-0.39, 0.29) is 11.6 Å². The topological polar surface area (TPSA) is 35.2 Å². The van der Waals surface area contributed by atoms with Crippen molar-refractivity contribution in [1.29, 1.82) is 0 Å². The van der Waals surface area contributed by atoms with E-state index in [1.807, 2.05) is 30.3 Å². The van der Waals surface area contributed by atoms with Gasteiger partial charge in [-0.15, -0.1) is 0 Å². The molecule has 0 heterocycles. The second-order valence-corrected chi connectivity index (χ2v) is 4.44. The Bertz CT molecular complexity index is 282. The molecule has 0 aliphatic carbocycles. The Morgan fingerprint density at radius 3 is 2.40 bits per heavy atom. The van der Waals surface area contributed by atoms with E-state index in [1.54, 1.807) is 0 Å². The molecule has 15 heavy (non-hydrogen) atoms. The quantitative estimate of drug-likeness (QED) is 0.805. The summed E-state index contributed by atoms with van der Waals surface area (Å²) < 4.78 is 5.77. The number of benzene rings is 1. The average Bonchev–Trinajstić information content (AvgIpc) is 2.27. The molecule has 0 aromatic heterocycles. The fraction of sp³-hybridized carbons (Fsp3) is 0.538. The maximum atomic E-state index is 6.03. The van der Waals surface area contributed by atoms with Crippen molar-refractivity contribution in [2.24, 2.45) is 5.73 Å². The van der Waals surface area contributed by atoms with Crippen LogP contribution in [-0.2, 0) is 4.74 Å². The molecule has 0 aliphatic rings. The first-order valence-corrected chi connectivity index (χ1v) is 5.49. The van der Waals surface area contributed by atoms with E-state index >= 15 is 0 Å². The standard InChI is InChI=1S/C13H21NO/c1-4-13(2,3)15-10-12(14)11-8-6-5-7-9-11/h5-9,12H,4,10,14H2,1-3H3. The van der Waals surface area contributed by atoms with Gasteiger partial charge in [-0.05, 0) is 25.8 Å². The van der Waals surface area contributed by atoms with Crippen LogP contribution in [0.2, 0.25) is 0 Å². The third-order valence-electron chi connectivity index (χ3n) is 2.73. The molecule has 1 aromatic rings. The molecule has 1 unspecified atom stereocenters. The zero-order chi connectivity index (χ0) is 11.3. The largest absolute Gasteiger partial charge is 0.374 e. The van der Waals surface area contributed by atoms with Gasteiger partial charge in [0.05, 0.1) is 18.2 Å². The molecule has 0 spiro atoms. The Labute approximate surface area is 92.4 Å². The van der Waals surface area contributed by atoms with Gasteiger partial charge in [-0.1, -0.05) is 37.3 Å². The van der Waals surface area contributed by atoms with Crippen LogP contribution in [0.4, 0.5) is 0 Å². The first-order chi connectivity index (χ1) is 7.05. The third kappa shape index (κ3) is 4.02. The molecule has 0 aliphatic heterocycles. The van der Waals surface area contributed by atoms with Crippen LogP contribution < -0.4 is 5.73 Å². The van der Waals surface area contributed by atoms with E-state index in [2.05, 4.69) is 20.8 Å². The molecule has 0 amide bonds. The summed E-state index contributed by atoms with van der Waals surface area (Å²) in [6.45, 7) is 6.87. The van der Waals surface area contributed by atoms with Crippen LogP contribution in [0.25, 0.3) is 0 Å². The minimum Gasteiger partial charge on any atom is -0.374 e. The average molecular weight is 207 g/mol. The smallest absolute Gasteiger partial charge is 0.0666 e. The molecule has 0 bridgehead atoms. The highest BCUT2D eigenvalue weighted by molar-refractivity contribution is 5.18. The zero-order valence-corrected chi connectivity index (χ0v) is 9.86. The van der Waals surface area contributed by atoms with Crippen LogP contribution in [0, 0.1) is 0 Å². The minimum absolute atomic E-state index is 0.0305. The molecule has 1 rings (SSSR count). The van der Waals surface area contributed by atoms with Crippen molar-refractivity contribution < 1.29 is 4.74 Å². The number of hydrogen-bond acceptors (Lipinski definition) is 2. The predicted molar refractivity (Wildman–Crippen MR) is 63.7 cm³/mol. The van der Waals surface area contributed by atoms with E-state index in [4.69, 9.17) is 10.5 Å². The summed E-state index contributed by atoms with van der Waals surface area (Å²) in [6.07, 6.45) is 0.995. The minimum atomic E-state index is -0.0770. The highest BCUT2D eigenvalue weighted by Crippen LogP contribution is 2.17. The second-order valence-electron chi connectivity index (χ2n) is 4.44. The lowest BCUT2D eigenvalue weighted by Gasteiger charge is -2.25. The normalized spacial score (nSPS) is 13.9. The van der Waals surface area contributed by atoms with Gasteiger partial charge in [0.25, 0.3) is 0 Å². The van der Waals surface area contributed by atoms with Crippen LogP contribution in [-0.4, -0.2) is 12.2 Å². The van der Waals surface area contributed by atoms with E-state index in [9.17, 15) is 0 Å². The Hall–Kier alpha value is -0.860. The Kier molecular flexibility index (Phi) is 4.30. The summed E-state index contributed by atoms with van der Waals surface area (Å²) in [5.41, 5.74) is 7.08. The van der Waals surface area contributed by atoms with Gasteiger partial charge in [-0.2, -0.15) is 0 Å². The summed E-state index contributed by atoms with van der Waals surface area (Å²) in [5.74, 6) is 0. The lowest BCUT2D eigenvalue weighted by molar-refractivity contribution is -0.0267. The number of ether oxygens (including phenoxy) is 1. The molecule has 0 radical (unpaired) electrons. The van der Waals surface area contributed by atoms with E-state index in [0.717, 1.165) is 12.0 Å². The molecule has 84 valence electrons. The van der Waals surface area contributed by atoms with Gasteiger partial charge in [0, 0.05) is 0 Å². The van der Waals surface area contributed by atoms with Crippen molar-refractivity contribution in [3.05, 3.63) is 35.9 Å². The van der Waals surface area contributed by atoms with Gasteiger partial charge in [0.15, 0.2) is 0 Å². The van der Waals surface area contributed by atoms with Gasteiger partial charge in [-0.3, -0.25) is 0 Å².